The average Bonchev–Trinajstić information content (AvgIpc) is 2.23. The molecule has 0 unspecified atom stereocenters. The highest BCUT2D eigenvalue weighted by Gasteiger charge is 2.49. The first-order valence-corrected chi connectivity index (χ1v) is 6.81. The van der Waals surface area contributed by atoms with Crippen LogP contribution in [0.25, 0.3) is 0 Å². The van der Waals surface area contributed by atoms with E-state index in [1.165, 1.54) is 25.7 Å². The smallest absolute Gasteiger partial charge is 0.168 e. The van der Waals surface area contributed by atoms with Crippen molar-refractivity contribution in [1.29, 1.82) is 0 Å². The van der Waals surface area contributed by atoms with E-state index in [2.05, 4.69) is 19.2 Å². The summed E-state index contributed by atoms with van der Waals surface area (Å²) in [6.45, 7) is 4.83. The van der Waals surface area contributed by atoms with E-state index in [4.69, 9.17) is 12.2 Å². The number of thiocarbonyl (C=S) groups is 1. The summed E-state index contributed by atoms with van der Waals surface area (Å²) in [6, 6.07) is 0.579. The van der Waals surface area contributed by atoms with E-state index in [1.54, 1.807) is 0 Å². The number of nitrogens with one attached hydrogen (secondary N) is 1. The highest BCUT2D eigenvalue weighted by Crippen LogP contribution is 2.52. The van der Waals surface area contributed by atoms with Crippen molar-refractivity contribution in [2.45, 2.75) is 45.6 Å². The summed E-state index contributed by atoms with van der Waals surface area (Å²) in [6.07, 6.45) is 5.62. The van der Waals surface area contributed by atoms with Crippen LogP contribution in [0.3, 0.4) is 0 Å². The molecule has 16 heavy (non-hydrogen) atoms. The van der Waals surface area contributed by atoms with Crippen molar-refractivity contribution in [3.8, 4) is 0 Å². The van der Waals surface area contributed by atoms with Crippen molar-refractivity contribution in [2.24, 2.45) is 17.3 Å². The number of hydrogen-bond acceptors (Lipinski definition) is 1. The van der Waals surface area contributed by atoms with Crippen LogP contribution in [-0.2, 0) is 0 Å². The fourth-order valence-electron chi connectivity index (χ4n) is 3.62. The Kier molecular flexibility index (Phi) is 3.17. The normalized spacial score (nSPS) is 35.9. The average molecular weight is 240 g/mol. The van der Waals surface area contributed by atoms with E-state index >= 15 is 0 Å². The van der Waals surface area contributed by atoms with Gasteiger partial charge in [-0.15, -0.1) is 0 Å². The SMILES string of the molecule is CN(C)C(=S)N[C@@H]1C2CCC(CC2)C1(C)C. The third-order valence-electron chi connectivity index (χ3n) is 4.78. The maximum atomic E-state index is 5.39. The Morgan fingerprint density at radius 1 is 1.19 bits per heavy atom. The van der Waals surface area contributed by atoms with E-state index in [-0.39, 0.29) is 0 Å². The molecule has 0 aromatic rings. The van der Waals surface area contributed by atoms with Crippen LogP contribution in [0.2, 0.25) is 0 Å². The molecule has 3 saturated carbocycles. The van der Waals surface area contributed by atoms with Gasteiger partial charge >= 0.3 is 0 Å². The molecule has 2 bridgehead atoms. The lowest BCUT2D eigenvalue weighted by Crippen LogP contribution is -2.59. The second kappa shape index (κ2) is 4.17. The van der Waals surface area contributed by atoms with E-state index in [0.29, 0.717) is 11.5 Å². The van der Waals surface area contributed by atoms with Crippen molar-refractivity contribution in [3.63, 3.8) is 0 Å². The fraction of sp³-hybridized carbons (Fsp3) is 0.923. The topological polar surface area (TPSA) is 15.3 Å². The summed E-state index contributed by atoms with van der Waals surface area (Å²) < 4.78 is 0. The van der Waals surface area contributed by atoms with Gasteiger partial charge in [0.2, 0.25) is 0 Å². The fourth-order valence-corrected chi connectivity index (χ4v) is 3.75. The molecular formula is C13H24N2S. The zero-order chi connectivity index (χ0) is 11.9. The van der Waals surface area contributed by atoms with E-state index in [0.717, 1.165) is 16.9 Å². The predicted molar refractivity (Wildman–Crippen MR) is 72.4 cm³/mol. The third kappa shape index (κ3) is 1.94. The minimum absolute atomic E-state index is 0.404. The summed E-state index contributed by atoms with van der Waals surface area (Å²) in [7, 11) is 4.03. The van der Waals surface area contributed by atoms with Gasteiger partial charge in [0.05, 0.1) is 0 Å². The van der Waals surface area contributed by atoms with Crippen LogP contribution in [0.15, 0.2) is 0 Å². The summed E-state index contributed by atoms with van der Waals surface area (Å²) in [5.41, 5.74) is 0.404. The summed E-state index contributed by atoms with van der Waals surface area (Å²) >= 11 is 5.39. The van der Waals surface area contributed by atoms with E-state index in [9.17, 15) is 0 Å². The lowest BCUT2D eigenvalue weighted by molar-refractivity contribution is -0.00522. The van der Waals surface area contributed by atoms with Gasteiger partial charge in [0.15, 0.2) is 5.11 Å². The quantitative estimate of drug-likeness (QED) is 0.709. The molecule has 3 rings (SSSR count). The van der Waals surface area contributed by atoms with Crippen molar-refractivity contribution >= 4 is 17.3 Å². The molecule has 1 atom stereocenters. The molecule has 0 aromatic carbocycles. The number of rotatable bonds is 1. The van der Waals surface area contributed by atoms with Crippen LogP contribution in [-0.4, -0.2) is 30.1 Å². The minimum Gasteiger partial charge on any atom is -0.359 e. The minimum atomic E-state index is 0.404. The highest BCUT2D eigenvalue weighted by atomic mass is 32.1. The summed E-state index contributed by atoms with van der Waals surface area (Å²) in [4.78, 5) is 2.01. The molecule has 92 valence electrons. The van der Waals surface area contributed by atoms with Crippen LogP contribution < -0.4 is 5.32 Å². The van der Waals surface area contributed by atoms with Crippen molar-refractivity contribution in [1.82, 2.24) is 10.2 Å². The van der Waals surface area contributed by atoms with Gasteiger partial charge in [-0.1, -0.05) is 13.8 Å². The predicted octanol–water partition coefficient (Wildman–Crippen LogP) is 2.64. The van der Waals surface area contributed by atoms with Crippen LogP contribution in [0.5, 0.6) is 0 Å². The summed E-state index contributed by atoms with van der Waals surface area (Å²) in [5, 5.41) is 4.49. The Morgan fingerprint density at radius 3 is 2.19 bits per heavy atom. The second-order valence-electron chi connectivity index (χ2n) is 6.25. The molecular weight excluding hydrogens is 216 g/mol. The molecule has 2 nitrogen and oxygen atoms in total. The molecule has 1 N–H and O–H groups in total. The maximum Gasteiger partial charge on any atom is 0.168 e. The molecule has 0 saturated heterocycles. The Labute approximate surface area is 105 Å². The van der Waals surface area contributed by atoms with Crippen molar-refractivity contribution in [2.75, 3.05) is 14.1 Å². The van der Waals surface area contributed by atoms with Crippen LogP contribution in [0, 0.1) is 17.3 Å². The number of fused-ring (bicyclic) bond motifs is 3. The molecule has 3 fully saturated rings. The largest absolute Gasteiger partial charge is 0.359 e. The zero-order valence-electron chi connectivity index (χ0n) is 10.9. The Balaban J connectivity index is 2.10. The lowest BCUT2D eigenvalue weighted by Gasteiger charge is -2.55. The molecule has 0 aromatic heterocycles. The van der Waals surface area contributed by atoms with Gasteiger partial charge in [-0.05, 0) is 55.2 Å². The van der Waals surface area contributed by atoms with E-state index < -0.39 is 0 Å². The first-order valence-electron chi connectivity index (χ1n) is 6.40. The van der Waals surface area contributed by atoms with Gasteiger partial charge in [-0.2, -0.15) is 0 Å². The molecule has 0 amide bonds. The summed E-state index contributed by atoms with van der Waals surface area (Å²) in [5.74, 6) is 1.72. The number of nitrogens with zero attached hydrogens (tertiary/aromatic N) is 1. The molecule has 0 heterocycles. The first-order chi connectivity index (χ1) is 7.43. The molecule has 0 radical (unpaired) electrons. The molecule has 3 aliphatic rings. The Hall–Kier alpha value is -0.310. The van der Waals surface area contributed by atoms with Crippen molar-refractivity contribution < 1.29 is 0 Å². The van der Waals surface area contributed by atoms with Gasteiger partial charge < -0.3 is 10.2 Å². The van der Waals surface area contributed by atoms with Crippen LogP contribution >= 0.6 is 12.2 Å². The number of hydrogen-bond donors (Lipinski definition) is 1. The molecule has 0 spiro atoms. The van der Waals surface area contributed by atoms with Gasteiger partial charge in [-0.3, -0.25) is 0 Å². The van der Waals surface area contributed by atoms with E-state index in [1.807, 2.05) is 19.0 Å². The van der Waals surface area contributed by atoms with Crippen molar-refractivity contribution in [3.05, 3.63) is 0 Å². The van der Waals surface area contributed by atoms with Gasteiger partial charge in [-0.25, -0.2) is 0 Å². The molecule has 3 aliphatic carbocycles. The highest BCUT2D eigenvalue weighted by molar-refractivity contribution is 7.80. The first kappa shape index (κ1) is 12.2. The standard InChI is InChI=1S/C13H24N2S/c1-13(2)10-7-5-9(6-8-10)11(13)14-12(16)15(3)4/h9-11H,5-8H2,1-4H3,(H,14,16)/t9?,10?,11-/m1/s1. The van der Waals surface area contributed by atoms with Crippen LogP contribution in [0.4, 0.5) is 0 Å². The van der Waals surface area contributed by atoms with Gasteiger partial charge in [0, 0.05) is 20.1 Å². The monoisotopic (exact) mass is 240 g/mol. The Bertz CT molecular complexity index is 278. The molecule has 3 heteroatoms. The zero-order valence-corrected chi connectivity index (χ0v) is 11.7. The molecule has 0 aliphatic heterocycles. The van der Waals surface area contributed by atoms with Gasteiger partial charge in [0.25, 0.3) is 0 Å². The second-order valence-corrected chi connectivity index (χ2v) is 6.64. The van der Waals surface area contributed by atoms with Crippen LogP contribution in [0.1, 0.15) is 39.5 Å². The lowest BCUT2D eigenvalue weighted by atomic mass is 9.54. The Morgan fingerprint density at radius 2 is 1.75 bits per heavy atom. The third-order valence-corrected chi connectivity index (χ3v) is 5.27. The maximum absolute atomic E-state index is 5.39. The van der Waals surface area contributed by atoms with Gasteiger partial charge in [0.1, 0.15) is 0 Å².